The van der Waals surface area contributed by atoms with Gasteiger partial charge >= 0.3 is 0 Å². The second kappa shape index (κ2) is 6.57. The van der Waals surface area contributed by atoms with Crippen molar-refractivity contribution in [3.05, 3.63) is 29.6 Å². The van der Waals surface area contributed by atoms with Gasteiger partial charge in [-0.15, -0.1) is 0 Å². The van der Waals surface area contributed by atoms with Gasteiger partial charge < -0.3 is 5.32 Å². The maximum atomic E-state index is 4.17. The summed E-state index contributed by atoms with van der Waals surface area (Å²) in [4.78, 5) is 4.17. The molecule has 0 aromatic carbocycles. The highest BCUT2D eigenvalue weighted by Gasteiger charge is 2.05. The Morgan fingerprint density at radius 2 is 2.20 bits per heavy atom. The fourth-order valence-electron chi connectivity index (χ4n) is 1.83. The molecule has 1 heterocycles. The van der Waals surface area contributed by atoms with Gasteiger partial charge in [-0.25, -0.2) is 0 Å². The molecular formula is C13H22N2. The average molecular weight is 206 g/mol. The number of pyridine rings is 1. The van der Waals surface area contributed by atoms with Crippen LogP contribution in [-0.2, 0) is 6.42 Å². The number of aryl methyl sites for hydroxylation is 2. The Kier molecular flexibility index (Phi) is 5.33. The summed E-state index contributed by atoms with van der Waals surface area (Å²) in [5.41, 5.74) is 2.74. The van der Waals surface area contributed by atoms with Crippen molar-refractivity contribution in [3.63, 3.8) is 0 Å². The van der Waals surface area contributed by atoms with Crippen LogP contribution in [0.3, 0.4) is 0 Å². The van der Waals surface area contributed by atoms with Crippen molar-refractivity contribution in [1.29, 1.82) is 0 Å². The summed E-state index contributed by atoms with van der Waals surface area (Å²) in [6, 6.07) is 2.73. The fraction of sp³-hybridized carbons (Fsp3) is 0.615. The van der Waals surface area contributed by atoms with Crippen molar-refractivity contribution in [2.24, 2.45) is 0 Å². The van der Waals surface area contributed by atoms with Gasteiger partial charge in [0.05, 0.1) is 0 Å². The number of hydrogen-bond acceptors (Lipinski definition) is 2. The Morgan fingerprint density at radius 3 is 2.80 bits per heavy atom. The molecule has 0 aliphatic rings. The molecule has 2 nitrogen and oxygen atoms in total. The molecule has 15 heavy (non-hydrogen) atoms. The Morgan fingerprint density at radius 1 is 1.40 bits per heavy atom. The van der Waals surface area contributed by atoms with E-state index in [9.17, 15) is 0 Å². The fourth-order valence-corrected chi connectivity index (χ4v) is 1.83. The van der Waals surface area contributed by atoms with Gasteiger partial charge in [-0.1, -0.05) is 13.8 Å². The molecule has 0 aliphatic heterocycles. The summed E-state index contributed by atoms with van der Waals surface area (Å²) in [5, 5.41) is 3.50. The topological polar surface area (TPSA) is 24.9 Å². The highest BCUT2D eigenvalue weighted by atomic mass is 14.9. The first-order chi connectivity index (χ1) is 7.27. The van der Waals surface area contributed by atoms with Gasteiger partial charge in [0.2, 0.25) is 0 Å². The predicted octanol–water partition coefficient (Wildman–Crippen LogP) is 2.71. The van der Waals surface area contributed by atoms with Crippen molar-refractivity contribution in [3.8, 4) is 0 Å². The van der Waals surface area contributed by atoms with Gasteiger partial charge in [0, 0.05) is 18.4 Å². The van der Waals surface area contributed by atoms with Crippen LogP contribution in [0.1, 0.15) is 37.8 Å². The van der Waals surface area contributed by atoms with Crippen LogP contribution in [0, 0.1) is 6.92 Å². The van der Waals surface area contributed by atoms with E-state index in [1.165, 1.54) is 24.0 Å². The summed E-state index contributed by atoms with van der Waals surface area (Å²) in [6.07, 6.45) is 7.39. The zero-order valence-corrected chi connectivity index (χ0v) is 10.1. The summed E-state index contributed by atoms with van der Waals surface area (Å²) < 4.78 is 0. The Bertz CT molecular complexity index is 284. The largest absolute Gasteiger partial charge is 0.314 e. The van der Waals surface area contributed by atoms with Crippen molar-refractivity contribution in [2.45, 2.75) is 46.1 Å². The third kappa shape index (κ3) is 4.00. The predicted molar refractivity (Wildman–Crippen MR) is 65.1 cm³/mol. The Hall–Kier alpha value is -0.890. The minimum absolute atomic E-state index is 0.648. The van der Waals surface area contributed by atoms with Crippen LogP contribution in [0.25, 0.3) is 0 Å². The lowest BCUT2D eigenvalue weighted by Crippen LogP contribution is -2.28. The summed E-state index contributed by atoms with van der Waals surface area (Å²) >= 11 is 0. The first-order valence-corrected chi connectivity index (χ1v) is 5.90. The SMILES string of the molecule is CCNC(CC)CCc1cnccc1C. The monoisotopic (exact) mass is 206 g/mol. The van der Waals surface area contributed by atoms with Gasteiger partial charge in [0.25, 0.3) is 0 Å². The Labute approximate surface area is 93.1 Å². The van der Waals surface area contributed by atoms with E-state index in [0.717, 1.165) is 13.0 Å². The van der Waals surface area contributed by atoms with Gasteiger partial charge in [0.15, 0.2) is 0 Å². The molecule has 0 saturated heterocycles. The first kappa shape index (κ1) is 12.2. The third-order valence-electron chi connectivity index (χ3n) is 2.90. The number of nitrogens with zero attached hydrogens (tertiary/aromatic N) is 1. The second-order valence-electron chi connectivity index (χ2n) is 4.00. The minimum atomic E-state index is 0.648. The van der Waals surface area contributed by atoms with Crippen LogP contribution < -0.4 is 5.32 Å². The average Bonchev–Trinajstić information content (AvgIpc) is 2.26. The van der Waals surface area contributed by atoms with E-state index in [-0.39, 0.29) is 0 Å². The molecule has 1 aromatic heterocycles. The quantitative estimate of drug-likeness (QED) is 0.774. The van der Waals surface area contributed by atoms with Crippen molar-refractivity contribution in [1.82, 2.24) is 10.3 Å². The van der Waals surface area contributed by atoms with Gasteiger partial charge in [0.1, 0.15) is 0 Å². The van der Waals surface area contributed by atoms with E-state index in [4.69, 9.17) is 0 Å². The highest BCUT2D eigenvalue weighted by Crippen LogP contribution is 2.10. The highest BCUT2D eigenvalue weighted by molar-refractivity contribution is 5.21. The van der Waals surface area contributed by atoms with E-state index in [0.29, 0.717) is 6.04 Å². The molecule has 1 aromatic rings. The van der Waals surface area contributed by atoms with Crippen molar-refractivity contribution in [2.75, 3.05) is 6.54 Å². The molecule has 0 radical (unpaired) electrons. The maximum absolute atomic E-state index is 4.17. The zero-order valence-electron chi connectivity index (χ0n) is 10.1. The van der Waals surface area contributed by atoms with Crippen molar-refractivity contribution >= 4 is 0 Å². The van der Waals surface area contributed by atoms with E-state index >= 15 is 0 Å². The Balaban J connectivity index is 2.45. The van der Waals surface area contributed by atoms with Gasteiger partial charge in [-0.2, -0.15) is 0 Å². The molecule has 0 bridgehead atoms. The van der Waals surface area contributed by atoms with E-state index < -0.39 is 0 Å². The van der Waals surface area contributed by atoms with Crippen LogP contribution in [0.2, 0.25) is 0 Å². The molecule has 84 valence electrons. The van der Waals surface area contributed by atoms with Crippen LogP contribution in [0.4, 0.5) is 0 Å². The third-order valence-corrected chi connectivity index (χ3v) is 2.90. The van der Waals surface area contributed by atoms with Crippen LogP contribution >= 0.6 is 0 Å². The standard InChI is InChI=1S/C13H22N2/c1-4-13(15-5-2)7-6-12-10-14-9-8-11(12)3/h8-10,13,15H,4-7H2,1-3H3. The number of hydrogen-bond donors (Lipinski definition) is 1. The van der Waals surface area contributed by atoms with Gasteiger partial charge in [-0.05, 0) is 49.9 Å². The molecular weight excluding hydrogens is 184 g/mol. The molecule has 1 unspecified atom stereocenters. The van der Waals surface area contributed by atoms with Crippen LogP contribution in [0.5, 0.6) is 0 Å². The second-order valence-corrected chi connectivity index (χ2v) is 4.00. The van der Waals surface area contributed by atoms with Gasteiger partial charge in [-0.3, -0.25) is 4.98 Å². The molecule has 0 amide bonds. The molecule has 0 saturated carbocycles. The molecule has 0 fully saturated rings. The molecule has 1 rings (SSSR count). The first-order valence-electron chi connectivity index (χ1n) is 5.90. The smallest absolute Gasteiger partial charge is 0.0302 e. The summed E-state index contributed by atoms with van der Waals surface area (Å²) in [5.74, 6) is 0. The van der Waals surface area contributed by atoms with Crippen molar-refractivity contribution < 1.29 is 0 Å². The molecule has 0 aliphatic carbocycles. The van der Waals surface area contributed by atoms with E-state index in [1.807, 2.05) is 12.4 Å². The molecule has 1 N–H and O–H groups in total. The maximum Gasteiger partial charge on any atom is 0.0302 e. The van der Waals surface area contributed by atoms with E-state index in [1.54, 1.807) is 0 Å². The molecule has 0 spiro atoms. The van der Waals surface area contributed by atoms with E-state index in [2.05, 4.69) is 37.1 Å². The molecule has 2 heteroatoms. The normalized spacial score (nSPS) is 12.7. The lowest BCUT2D eigenvalue weighted by atomic mass is 10.0. The number of aromatic nitrogens is 1. The summed E-state index contributed by atoms with van der Waals surface area (Å²) in [6.45, 7) is 7.62. The number of nitrogens with one attached hydrogen (secondary N) is 1. The van der Waals surface area contributed by atoms with Crippen LogP contribution in [0.15, 0.2) is 18.5 Å². The number of rotatable bonds is 6. The summed E-state index contributed by atoms with van der Waals surface area (Å²) in [7, 11) is 0. The lowest BCUT2D eigenvalue weighted by Gasteiger charge is -2.15. The van der Waals surface area contributed by atoms with Crippen LogP contribution in [-0.4, -0.2) is 17.6 Å². The molecule has 1 atom stereocenters. The minimum Gasteiger partial charge on any atom is -0.314 e. The zero-order chi connectivity index (χ0) is 11.1. The lowest BCUT2D eigenvalue weighted by molar-refractivity contribution is 0.480.